The van der Waals surface area contributed by atoms with Gasteiger partial charge in [0.25, 0.3) is 0 Å². The van der Waals surface area contributed by atoms with Crippen molar-refractivity contribution >= 4 is 12.0 Å². The summed E-state index contributed by atoms with van der Waals surface area (Å²) in [6, 6.07) is 11.9. The van der Waals surface area contributed by atoms with Gasteiger partial charge in [0, 0.05) is 31.1 Å². The number of nitrogens with zero attached hydrogens (tertiary/aromatic N) is 2. The number of hydrogen-bond donors (Lipinski definition) is 2. The van der Waals surface area contributed by atoms with Crippen LogP contribution in [-0.4, -0.2) is 45.2 Å². The summed E-state index contributed by atoms with van der Waals surface area (Å²) in [6.07, 6.45) is 5.39. The molecule has 2 amide bonds. The Morgan fingerprint density at radius 1 is 1.16 bits per heavy atom. The maximum absolute atomic E-state index is 12.7. The molecule has 2 aromatic rings. The molecule has 0 radical (unpaired) electrons. The van der Waals surface area contributed by atoms with Crippen molar-refractivity contribution in [3.8, 4) is 11.1 Å². The molecule has 32 heavy (non-hydrogen) atoms. The lowest BCUT2D eigenvalue weighted by molar-refractivity contribution is -0.120. The van der Waals surface area contributed by atoms with E-state index in [0.717, 1.165) is 48.1 Å². The second kappa shape index (κ2) is 7.59. The van der Waals surface area contributed by atoms with E-state index in [1.807, 2.05) is 43.3 Å². The highest BCUT2D eigenvalue weighted by atomic mass is 16.6. The number of rotatable bonds is 5. The first kappa shape index (κ1) is 20.9. The molecule has 3 aliphatic rings. The minimum absolute atomic E-state index is 0.106. The first-order chi connectivity index (χ1) is 15.3. The summed E-state index contributed by atoms with van der Waals surface area (Å²) in [6.45, 7) is 2.63. The molecule has 3 atom stereocenters. The van der Waals surface area contributed by atoms with Crippen molar-refractivity contribution in [3.63, 3.8) is 0 Å². The number of aromatic nitrogens is 1. The Kier molecular flexibility index (Phi) is 4.97. The molecule has 1 spiro atoms. The molecular weight excluding hydrogens is 406 g/mol. The molecule has 7 nitrogen and oxygen atoms in total. The van der Waals surface area contributed by atoms with Gasteiger partial charge in [-0.15, -0.1) is 0 Å². The molecule has 168 valence electrons. The molecule has 2 aliphatic carbocycles. The van der Waals surface area contributed by atoms with Crippen LogP contribution in [0.4, 0.5) is 4.79 Å². The van der Waals surface area contributed by atoms with E-state index < -0.39 is 11.0 Å². The van der Waals surface area contributed by atoms with E-state index in [4.69, 9.17) is 10.5 Å². The molecule has 2 saturated carbocycles. The maximum atomic E-state index is 12.7. The quantitative estimate of drug-likeness (QED) is 0.748. The largest absolute Gasteiger partial charge is 0.443 e. The number of aliphatic hydroxyl groups excluding tert-OH is 1. The van der Waals surface area contributed by atoms with Crippen LogP contribution in [0.3, 0.4) is 0 Å². The van der Waals surface area contributed by atoms with Crippen LogP contribution in [0, 0.1) is 0 Å². The Bertz CT molecular complexity index is 1030. The number of primary amides is 1. The van der Waals surface area contributed by atoms with Gasteiger partial charge in [0.1, 0.15) is 5.60 Å². The Morgan fingerprint density at radius 2 is 1.88 bits per heavy atom. The molecule has 7 heteroatoms. The van der Waals surface area contributed by atoms with E-state index in [1.54, 1.807) is 11.1 Å². The van der Waals surface area contributed by atoms with Crippen molar-refractivity contribution in [3.05, 3.63) is 53.9 Å². The summed E-state index contributed by atoms with van der Waals surface area (Å²) in [7, 11) is 0. The first-order valence-corrected chi connectivity index (χ1v) is 11.4. The van der Waals surface area contributed by atoms with Gasteiger partial charge in [-0.2, -0.15) is 0 Å². The van der Waals surface area contributed by atoms with Gasteiger partial charge in [0.05, 0.1) is 23.3 Å². The topological polar surface area (TPSA) is 106 Å². The summed E-state index contributed by atoms with van der Waals surface area (Å²) in [5.41, 5.74) is 8.25. The number of nitrogens with two attached hydrogens (primary N) is 1. The van der Waals surface area contributed by atoms with Gasteiger partial charge in [-0.1, -0.05) is 30.3 Å². The molecule has 1 aromatic heterocycles. The monoisotopic (exact) mass is 435 g/mol. The van der Waals surface area contributed by atoms with E-state index >= 15 is 0 Å². The van der Waals surface area contributed by atoms with E-state index in [0.29, 0.717) is 19.4 Å². The molecular formula is C25H29N3O4. The Labute approximate surface area is 187 Å². The van der Waals surface area contributed by atoms with Gasteiger partial charge >= 0.3 is 6.09 Å². The van der Waals surface area contributed by atoms with Crippen molar-refractivity contribution in [2.75, 3.05) is 6.54 Å². The van der Waals surface area contributed by atoms with Crippen LogP contribution in [-0.2, 0) is 14.9 Å². The zero-order valence-corrected chi connectivity index (χ0v) is 18.3. The number of amides is 2. The van der Waals surface area contributed by atoms with Gasteiger partial charge < -0.3 is 20.5 Å². The van der Waals surface area contributed by atoms with E-state index in [9.17, 15) is 14.7 Å². The SMILES string of the molecule is C[C@@H](c1ccc(-c2ccc(C3(C(N)=O)CC3)nc2)cc1)N1CCC2(CCC(O)C2)OC1=O. The molecule has 1 aromatic carbocycles. The molecule has 1 aliphatic heterocycles. The Balaban J connectivity index is 1.27. The van der Waals surface area contributed by atoms with Crippen LogP contribution in [0.5, 0.6) is 0 Å². The molecule has 3 fully saturated rings. The zero-order valence-electron chi connectivity index (χ0n) is 18.3. The number of carbonyl (C=O) groups excluding carboxylic acids is 2. The lowest BCUT2D eigenvalue weighted by Crippen LogP contribution is -2.49. The van der Waals surface area contributed by atoms with Crippen molar-refractivity contribution in [2.24, 2.45) is 5.73 Å². The molecule has 2 unspecified atom stereocenters. The predicted molar refractivity (Wildman–Crippen MR) is 119 cm³/mol. The van der Waals surface area contributed by atoms with Crippen LogP contribution >= 0.6 is 0 Å². The Morgan fingerprint density at radius 3 is 2.41 bits per heavy atom. The third kappa shape index (κ3) is 3.54. The predicted octanol–water partition coefficient (Wildman–Crippen LogP) is 3.45. The Hall–Kier alpha value is -2.93. The highest BCUT2D eigenvalue weighted by Crippen LogP contribution is 2.47. The average Bonchev–Trinajstić information content (AvgIpc) is 3.53. The fourth-order valence-electron chi connectivity index (χ4n) is 5.18. The lowest BCUT2D eigenvalue weighted by Gasteiger charge is -2.41. The highest BCUT2D eigenvalue weighted by Gasteiger charge is 2.51. The molecule has 0 bridgehead atoms. The minimum atomic E-state index is -0.573. The molecule has 3 N–H and O–H groups in total. The zero-order chi connectivity index (χ0) is 22.5. The van der Waals surface area contributed by atoms with Gasteiger partial charge in [-0.25, -0.2) is 4.79 Å². The number of hydrogen-bond acceptors (Lipinski definition) is 5. The maximum Gasteiger partial charge on any atom is 0.410 e. The van der Waals surface area contributed by atoms with Gasteiger partial charge in [0.15, 0.2) is 0 Å². The van der Waals surface area contributed by atoms with Gasteiger partial charge in [-0.3, -0.25) is 9.78 Å². The summed E-state index contributed by atoms with van der Waals surface area (Å²) in [5, 5.41) is 9.86. The van der Waals surface area contributed by atoms with Gasteiger partial charge in [-0.05, 0) is 49.8 Å². The van der Waals surface area contributed by atoms with Crippen LogP contribution in [0.2, 0.25) is 0 Å². The normalized spacial score (nSPS) is 27.2. The van der Waals surface area contributed by atoms with Crippen LogP contribution in [0.25, 0.3) is 11.1 Å². The molecule has 1 saturated heterocycles. The van der Waals surface area contributed by atoms with Crippen molar-refractivity contribution in [1.29, 1.82) is 0 Å². The number of pyridine rings is 1. The number of carbonyl (C=O) groups is 2. The van der Waals surface area contributed by atoms with Crippen molar-refractivity contribution in [1.82, 2.24) is 9.88 Å². The second-order valence-corrected chi connectivity index (χ2v) is 9.57. The van der Waals surface area contributed by atoms with Crippen molar-refractivity contribution in [2.45, 2.75) is 68.6 Å². The lowest BCUT2D eigenvalue weighted by atomic mass is 9.94. The fourth-order valence-corrected chi connectivity index (χ4v) is 5.18. The van der Waals surface area contributed by atoms with Crippen molar-refractivity contribution < 1.29 is 19.4 Å². The third-order valence-corrected chi connectivity index (χ3v) is 7.56. The summed E-state index contributed by atoms with van der Waals surface area (Å²) in [4.78, 5) is 30.7. The van der Waals surface area contributed by atoms with E-state index in [1.165, 1.54) is 0 Å². The minimum Gasteiger partial charge on any atom is -0.443 e. The van der Waals surface area contributed by atoms with E-state index in [-0.39, 0.29) is 24.1 Å². The highest BCUT2D eigenvalue weighted by molar-refractivity contribution is 5.89. The molecule has 2 heterocycles. The van der Waals surface area contributed by atoms with Crippen LogP contribution in [0.1, 0.15) is 62.7 Å². The fraction of sp³-hybridized carbons (Fsp3) is 0.480. The first-order valence-electron chi connectivity index (χ1n) is 11.4. The smallest absolute Gasteiger partial charge is 0.410 e. The van der Waals surface area contributed by atoms with Crippen LogP contribution in [0.15, 0.2) is 42.6 Å². The average molecular weight is 436 g/mol. The van der Waals surface area contributed by atoms with Gasteiger partial charge in [0.2, 0.25) is 5.91 Å². The standard InChI is InChI=1S/C25H29N3O4/c1-16(28-13-12-24(32-23(28)31)9-8-20(29)14-24)17-2-4-18(5-3-17)19-6-7-21(27-15-19)25(10-11-25)22(26)30/h2-7,15-16,20,29H,8-14H2,1H3,(H2,26,30)/t16-,20?,24?/m0/s1. The summed E-state index contributed by atoms with van der Waals surface area (Å²) in [5.74, 6) is -0.303. The second-order valence-electron chi connectivity index (χ2n) is 9.57. The summed E-state index contributed by atoms with van der Waals surface area (Å²) >= 11 is 0. The van der Waals surface area contributed by atoms with Crippen LogP contribution < -0.4 is 5.73 Å². The van der Waals surface area contributed by atoms with E-state index in [2.05, 4.69) is 4.98 Å². The molecule has 5 rings (SSSR count). The number of ether oxygens (including phenoxy) is 1. The number of benzene rings is 1. The number of aliphatic hydroxyl groups is 1. The third-order valence-electron chi connectivity index (χ3n) is 7.56. The summed E-state index contributed by atoms with van der Waals surface area (Å²) < 4.78 is 5.80.